The fourth-order valence-electron chi connectivity index (χ4n) is 4.35. The number of rotatable bonds is 3. The fraction of sp³-hybridized carbons (Fsp3) is 0.333. The Kier molecular flexibility index (Phi) is 3.64. The predicted molar refractivity (Wildman–Crippen MR) is 97.1 cm³/mol. The number of hydrogen-bond donors (Lipinski definition) is 0. The number of benzene rings is 2. The third-order valence-corrected chi connectivity index (χ3v) is 5.61. The Bertz CT molecular complexity index is 1040. The lowest BCUT2D eigenvalue weighted by Gasteiger charge is -2.24. The highest BCUT2D eigenvalue weighted by molar-refractivity contribution is 6.30. The van der Waals surface area contributed by atoms with Crippen LogP contribution in [0.2, 0.25) is 0 Å². The van der Waals surface area contributed by atoms with Gasteiger partial charge in [-0.2, -0.15) is 0 Å². The van der Waals surface area contributed by atoms with E-state index in [-0.39, 0.29) is 39.7 Å². The molecule has 7 nitrogen and oxygen atoms in total. The number of fused-ring (bicyclic) bond motifs is 5. The molecule has 2 aromatic carbocycles. The van der Waals surface area contributed by atoms with Crippen molar-refractivity contribution in [3.05, 3.63) is 46.0 Å². The van der Waals surface area contributed by atoms with Gasteiger partial charge in [-0.15, -0.1) is 0 Å². The Morgan fingerprint density at radius 2 is 1.71 bits per heavy atom. The van der Waals surface area contributed by atoms with E-state index in [0.717, 1.165) is 12.0 Å². The van der Waals surface area contributed by atoms with E-state index < -0.39 is 6.29 Å². The second kappa shape index (κ2) is 5.97. The van der Waals surface area contributed by atoms with Crippen molar-refractivity contribution in [1.29, 1.82) is 0 Å². The van der Waals surface area contributed by atoms with Gasteiger partial charge >= 0.3 is 0 Å². The summed E-state index contributed by atoms with van der Waals surface area (Å²) in [6.45, 7) is 0.582. The third kappa shape index (κ3) is 2.08. The maximum Gasteiger partial charge on any atom is 0.207 e. The molecule has 7 heteroatoms. The van der Waals surface area contributed by atoms with Gasteiger partial charge in [0, 0.05) is 22.8 Å². The van der Waals surface area contributed by atoms with Crippen molar-refractivity contribution in [2.24, 2.45) is 0 Å². The minimum Gasteiger partial charge on any atom is -0.497 e. The zero-order valence-corrected chi connectivity index (χ0v) is 15.7. The van der Waals surface area contributed by atoms with E-state index in [2.05, 4.69) is 0 Å². The third-order valence-electron chi connectivity index (χ3n) is 5.61. The molecule has 0 unspecified atom stereocenters. The summed E-state index contributed by atoms with van der Waals surface area (Å²) in [5, 5.41) is 0. The quantitative estimate of drug-likeness (QED) is 0.689. The molecule has 0 bridgehead atoms. The van der Waals surface area contributed by atoms with Crippen LogP contribution in [0.5, 0.6) is 23.0 Å². The number of carbonyl (C=O) groups excluding carboxylic acids is 2. The van der Waals surface area contributed by atoms with E-state index in [0.29, 0.717) is 29.6 Å². The van der Waals surface area contributed by atoms with Crippen molar-refractivity contribution in [3.8, 4) is 23.0 Å². The van der Waals surface area contributed by atoms with Gasteiger partial charge in [-0.3, -0.25) is 9.59 Å². The molecule has 2 aromatic rings. The summed E-state index contributed by atoms with van der Waals surface area (Å²) in [6.07, 6.45) is 0.362. The first-order valence-electron chi connectivity index (χ1n) is 8.97. The number of methoxy groups -OCH3 is 3. The van der Waals surface area contributed by atoms with Gasteiger partial charge in [0.05, 0.1) is 45.0 Å². The van der Waals surface area contributed by atoms with Gasteiger partial charge in [0.2, 0.25) is 12.1 Å². The summed E-state index contributed by atoms with van der Waals surface area (Å²) in [5.41, 5.74) is 1.75. The van der Waals surface area contributed by atoms with E-state index in [1.807, 2.05) is 0 Å². The van der Waals surface area contributed by atoms with Gasteiger partial charge in [0.15, 0.2) is 5.78 Å². The van der Waals surface area contributed by atoms with Crippen LogP contribution in [0.15, 0.2) is 18.2 Å². The summed E-state index contributed by atoms with van der Waals surface area (Å²) in [6, 6.07) is 4.78. The van der Waals surface area contributed by atoms with Crippen LogP contribution >= 0.6 is 0 Å². The molecule has 0 radical (unpaired) electrons. The Hall–Kier alpha value is -3.06. The van der Waals surface area contributed by atoms with Crippen LogP contribution in [0.1, 0.15) is 49.7 Å². The first-order valence-corrected chi connectivity index (χ1v) is 8.97. The van der Waals surface area contributed by atoms with Crippen LogP contribution in [0, 0.1) is 0 Å². The second-order valence-electron chi connectivity index (χ2n) is 6.91. The monoisotopic (exact) mass is 382 g/mol. The number of hydrogen-bond acceptors (Lipinski definition) is 7. The molecule has 5 rings (SSSR count). The zero-order chi connectivity index (χ0) is 19.6. The SMILES string of the molecule is COc1cc(OC)c2c(c1)C(=O)c1cc3c(c(OC)c1C2=O)[C@@H]1CCO[C@@H]1O3. The van der Waals surface area contributed by atoms with E-state index in [4.69, 9.17) is 23.7 Å². The molecule has 1 aliphatic carbocycles. The second-order valence-corrected chi connectivity index (χ2v) is 6.91. The molecule has 28 heavy (non-hydrogen) atoms. The summed E-state index contributed by atoms with van der Waals surface area (Å²) >= 11 is 0. The zero-order valence-electron chi connectivity index (χ0n) is 15.7. The van der Waals surface area contributed by atoms with Gasteiger partial charge in [-0.25, -0.2) is 0 Å². The topological polar surface area (TPSA) is 80.3 Å². The lowest BCUT2D eigenvalue weighted by Crippen LogP contribution is -2.23. The molecule has 0 aromatic heterocycles. The number of carbonyl (C=O) groups is 2. The predicted octanol–water partition coefficient (Wildman–Crippen LogP) is 2.71. The van der Waals surface area contributed by atoms with Crippen molar-refractivity contribution in [3.63, 3.8) is 0 Å². The van der Waals surface area contributed by atoms with E-state index >= 15 is 0 Å². The minimum atomic E-state index is -0.407. The lowest BCUT2D eigenvalue weighted by atomic mass is 9.80. The maximum atomic E-state index is 13.5. The molecular formula is C21H18O7. The molecule has 1 fully saturated rings. The Morgan fingerprint density at radius 3 is 2.43 bits per heavy atom. The van der Waals surface area contributed by atoms with Crippen LogP contribution < -0.4 is 18.9 Å². The first kappa shape index (κ1) is 17.1. The van der Waals surface area contributed by atoms with Gasteiger partial charge < -0.3 is 23.7 Å². The van der Waals surface area contributed by atoms with Crippen molar-refractivity contribution in [2.75, 3.05) is 27.9 Å². The standard InChI is InChI=1S/C21H18O7/c1-24-9-6-11-15(13(7-9)25-2)19(23)17-12(18(11)22)8-14-16(20(17)26-3)10-4-5-27-21(10)28-14/h6-8,10,21H,4-5H2,1-3H3/t10-,21+/m0/s1. The molecule has 0 spiro atoms. The summed E-state index contributed by atoms with van der Waals surface area (Å²) in [5.74, 6) is 1.01. The Balaban J connectivity index is 1.78. The largest absolute Gasteiger partial charge is 0.497 e. The first-order chi connectivity index (χ1) is 13.6. The van der Waals surface area contributed by atoms with Crippen LogP contribution in [0.4, 0.5) is 0 Å². The van der Waals surface area contributed by atoms with Gasteiger partial charge in [0.25, 0.3) is 0 Å². The molecule has 2 aliphatic heterocycles. The average Bonchev–Trinajstić information content (AvgIpc) is 3.30. The summed E-state index contributed by atoms with van der Waals surface area (Å²) < 4.78 is 27.8. The van der Waals surface area contributed by atoms with E-state index in [1.165, 1.54) is 21.3 Å². The van der Waals surface area contributed by atoms with Crippen LogP contribution in [-0.4, -0.2) is 45.8 Å². The van der Waals surface area contributed by atoms with Crippen molar-refractivity contribution < 1.29 is 33.3 Å². The minimum absolute atomic E-state index is 0.0164. The molecular weight excluding hydrogens is 364 g/mol. The van der Waals surface area contributed by atoms with E-state index in [9.17, 15) is 9.59 Å². The highest BCUT2D eigenvalue weighted by Gasteiger charge is 2.46. The van der Waals surface area contributed by atoms with Gasteiger partial charge in [0.1, 0.15) is 23.0 Å². The Labute approximate surface area is 161 Å². The van der Waals surface area contributed by atoms with Gasteiger partial charge in [-0.05, 0) is 18.6 Å². The fourth-order valence-corrected chi connectivity index (χ4v) is 4.35. The summed E-state index contributed by atoms with van der Waals surface area (Å²) in [7, 11) is 4.45. The lowest BCUT2D eigenvalue weighted by molar-refractivity contribution is -0.0337. The van der Waals surface area contributed by atoms with Crippen molar-refractivity contribution in [2.45, 2.75) is 18.6 Å². The highest BCUT2D eigenvalue weighted by Crippen LogP contribution is 2.52. The van der Waals surface area contributed by atoms with Crippen LogP contribution in [0.3, 0.4) is 0 Å². The normalized spacial score (nSPS) is 21.4. The van der Waals surface area contributed by atoms with Crippen molar-refractivity contribution in [1.82, 2.24) is 0 Å². The van der Waals surface area contributed by atoms with Crippen molar-refractivity contribution >= 4 is 11.6 Å². The molecule has 1 saturated heterocycles. The summed E-state index contributed by atoms with van der Waals surface area (Å²) in [4.78, 5) is 26.8. The smallest absolute Gasteiger partial charge is 0.207 e. The molecule has 2 heterocycles. The maximum absolute atomic E-state index is 13.5. The number of ketones is 2. The molecule has 0 amide bonds. The van der Waals surface area contributed by atoms with Crippen LogP contribution in [-0.2, 0) is 4.74 Å². The van der Waals surface area contributed by atoms with E-state index in [1.54, 1.807) is 18.2 Å². The highest BCUT2D eigenvalue weighted by atomic mass is 16.7. The molecule has 0 saturated carbocycles. The Morgan fingerprint density at radius 1 is 0.929 bits per heavy atom. The van der Waals surface area contributed by atoms with Gasteiger partial charge in [-0.1, -0.05) is 0 Å². The number of ether oxygens (including phenoxy) is 5. The molecule has 2 atom stereocenters. The average molecular weight is 382 g/mol. The molecule has 3 aliphatic rings. The molecule has 0 N–H and O–H groups in total. The van der Waals surface area contributed by atoms with Crippen LogP contribution in [0.25, 0.3) is 0 Å². The molecule has 144 valence electrons.